The first-order chi connectivity index (χ1) is 11.3. The van der Waals surface area contributed by atoms with E-state index in [0.29, 0.717) is 11.6 Å². The number of rotatable bonds is 5. The lowest BCUT2D eigenvalue weighted by Gasteiger charge is -2.18. The Labute approximate surface area is 142 Å². The monoisotopic (exact) mass is 357 g/mol. The molecule has 0 atom stereocenters. The van der Waals surface area contributed by atoms with E-state index in [1.807, 2.05) is 6.07 Å². The van der Waals surface area contributed by atoms with Crippen LogP contribution in [0.25, 0.3) is 0 Å². The van der Waals surface area contributed by atoms with Crippen molar-refractivity contribution < 1.29 is 22.7 Å². The fraction of sp³-hybridized carbons (Fsp3) is 0.235. The first kappa shape index (κ1) is 18.1. The molecule has 128 valence electrons. The summed E-state index contributed by atoms with van der Waals surface area (Å²) >= 11 is 5.88. The topological polar surface area (TPSA) is 29.5 Å². The average Bonchev–Trinajstić information content (AvgIpc) is 2.52. The standard InChI is InChI=1S/C17H15ClF3NO2/c1-22(10-12-4-2-6-14(18)8-12)16(23)11-24-15-7-3-5-13(9-15)17(19,20)21/h2-9H,10-11H2,1H3. The largest absolute Gasteiger partial charge is 0.484 e. The maximum atomic E-state index is 12.6. The summed E-state index contributed by atoms with van der Waals surface area (Å²) in [6, 6.07) is 11.5. The van der Waals surface area contributed by atoms with Gasteiger partial charge in [-0.1, -0.05) is 29.8 Å². The van der Waals surface area contributed by atoms with Crippen molar-refractivity contribution in [2.75, 3.05) is 13.7 Å². The van der Waals surface area contributed by atoms with Gasteiger partial charge in [-0.15, -0.1) is 0 Å². The molecule has 0 aliphatic rings. The molecule has 0 aliphatic carbocycles. The van der Waals surface area contributed by atoms with Gasteiger partial charge in [0.2, 0.25) is 0 Å². The number of halogens is 4. The fourth-order valence-electron chi connectivity index (χ4n) is 2.01. The predicted octanol–water partition coefficient (Wildman–Crippen LogP) is 4.40. The highest BCUT2D eigenvalue weighted by Crippen LogP contribution is 2.31. The number of carbonyl (C=O) groups excluding carboxylic acids is 1. The molecule has 0 saturated heterocycles. The molecule has 0 heterocycles. The Morgan fingerprint density at radius 3 is 2.54 bits per heavy atom. The maximum Gasteiger partial charge on any atom is 0.416 e. The molecule has 0 unspecified atom stereocenters. The van der Waals surface area contributed by atoms with Gasteiger partial charge < -0.3 is 9.64 Å². The van der Waals surface area contributed by atoms with Gasteiger partial charge in [0, 0.05) is 18.6 Å². The van der Waals surface area contributed by atoms with Crippen molar-refractivity contribution in [3.05, 3.63) is 64.7 Å². The molecule has 0 radical (unpaired) electrons. The SMILES string of the molecule is CN(Cc1cccc(Cl)c1)C(=O)COc1cccc(C(F)(F)F)c1. The van der Waals surface area contributed by atoms with Gasteiger partial charge >= 0.3 is 6.18 Å². The van der Waals surface area contributed by atoms with Crippen LogP contribution in [-0.4, -0.2) is 24.5 Å². The van der Waals surface area contributed by atoms with E-state index < -0.39 is 11.7 Å². The summed E-state index contributed by atoms with van der Waals surface area (Å²) in [5.41, 5.74) is 0.0251. The van der Waals surface area contributed by atoms with Crippen LogP contribution in [0.4, 0.5) is 13.2 Å². The minimum Gasteiger partial charge on any atom is -0.484 e. The van der Waals surface area contributed by atoms with Gasteiger partial charge in [-0.3, -0.25) is 4.79 Å². The number of ether oxygens (including phenoxy) is 1. The van der Waals surface area contributed by atoms with Crippen LogP contribution in [0.5, 0.6) is 5.75 Å². The smallest absolute Gasteiger partial charge is 0.416 e. The van der Waals surface area contributed by atoms with E-state index in [4.69, 9.17) is 16.3 Å². The number of alkyl halides is 3. The minimum absolute atomic E-state index is 0.00525. The molecule has 3 nitrogen and oxygen atoms in total. The molecule has 7 heteroatoms. The van der Waals surface area contributed by atoms with Crippen LogP contribution in [0, 0.1) is 0 Å². The summed E-state index contributed by atoms with van der Waals surface area (Å²) in [5, 5.41) is 0.563. The van der Waals surface area contributed by atoms with Crippen LogP contribution in [0.3, 0.4) is 0 Å². The van der Waals surface area contributed by atoms with E-state index in [0.717, 1.165) is 17.7 Å². The van der Waals surface area contributed by atoms with Crippen LogP contribution in [0.15, 0.2) is 48.5 Å². The summed E-state index contributed by atoms with van der Waals surface area (Å²) in [6.45, 7) is -0.0241. The molecular weight excluding hydrogens is 343 g/mol. The number of carbonyl (C=O) groups is 1. The van der Waals surface area contributed by atoms with Crippen LogP contribution in [0.1, 0.15) is 11.1 Å². The van der Waals surface area contributed by atoms with Gasteiger partial charge in [0.1, 0.15) is 5.75 Å². The van der Waals surface area contributed by atoms with Crippen molar-refractivity contribution in [3.8, 4) is 5.75 Å². The first-order valence-corrected chi connectivity index (χ1v) is 7.42. The normalized spacial score (nSPS) is 11.2. The minimum atomic E-state index is -4.45. The van der Waals surface area contributed by atoms with Gasteiger partial charge in [0.15, 0.2) is 6.61 Å². The van der Waals surface area contributed by atoms with Gasteiger partial charge in [-0.05, 0) is 35.9 Å². The third kappa shape index (κ3) is 5.16. The van der Waals surface area contributed by atoms with E-state index in [1.54, 1.807) is 25.2 Å². The van der Waals surface area contributed by atoms with Crippen molar-refractivity contribution in [2.45, 2.75) is 12.7 Å². The lowest BCUT2D eigenvalue weighted by molar-refractivity contribution is -0.137. The quantitative estimate of drug-likeness (QED) is 0.794. The summed E-state index contributed by atoms with van der Waals surface area (Å²) < 4.78 is 43.1. The van der Waals surface area contributed by atoms with Crippen molar-refractivity contribution in [3.63, 3.8) is 0 Å². The molecule has 1 amide bonds. The summed E-state index contributed by atoms with van der Waals surface area (Å²) in [5.74, 6) is -0.360. The number of amides is 1. The van der Waals surface area contributed by atoms with Crippen LogP contribution in [0.2, 0.25) is 5.02 Å². The number of hydrogen-bond acceptors (Lipinski definition) is 2. The van der Waals surface area contributed by atoms with E-state index in [1.165, 1.54) is 17.0 Å². The van der Waals surface area contributed by atoms with E-state index in [9.17, 15) is 18.0 Å². The first-order valence-electron chi connectivity index (χ1n) is 7.04. The Kier molecular flexibility index (Phi) is 5.72. The average molecular weight is 358 g/mol. The Bertz CT molecular complexity index is 719. The lowest BCUT2D eigenvalue weighted by Crippen LogP contribution is -2.31. The third-order valence-corrected chi connectivity index (χ3v) is 3.49. The molecule has 0 N–H and O–H groups in total. The summed E-state index contributed by atoms with van der Waals surface area (Å²) in [6.07, 6.45) is -4.45. The van der Waals surface area contributed by atoms with Crippen molar-refractivity contribution >= 4 is 17.5 Å². The highest BCUT2D eigenvalue weighted by atomic mass is 35.5. The van der Waals surface area contributed by atoms with Gasteiger partial charge in [0.05, 0.1) is 5.56 Å². The molecule has 0 aromatic heterocycles. The molecule has 0 spiro atoms. The zero-order valence-corrected chi connectivity index (χ0v) is 13.6. The predicted molar refractivity (Wildman–Crippen MR) is 84.9 cm³/mol. The van der Waals surface area contributed by atoms with E-state index in [-0.39, 0.29) is 18.3 Å². The Hall–Kier alpha value is -2.21. The van der Waals surface area contributed by atoms with Crippen molar-refractivity contribution in [1.82, 2.24) is 4.90 Å². The Balaban J connectivity index is 1.93. The Morgan fingerprint density at radius 1 is 1.17 bits per heavy atom. The van der Waals surface area contributed by atoms with Gasteiger partial charge in [0.25, 0.3) is 5.91 Å². The highest BCUT2D eigenvalue weighted by molar-refractivity contribution is 6.30. The Morgan fingerprint density at radius 2 is 1.88 bits per heavy atom. The summed E-state index contributed by atoms with van der Waals surface area (Å²) in [7, 11) is 1.58. The second-order valence-electron chi connectivity index (χ2n) is 5.19. The molecule has 2 aromatic rings. The second kappa shape index (κ2) is 7.57. The number of hydrogen-bond donors (Lipinski definition) is 0. The van der Waals surface area contributed by atoms with Crippen molar-refractivity contribution in [1.29, 1.82) is 0 Å². The summed E-state index contributed by atoms with van der Waals surface area (Å²) in [4.78, 5) is 13.4. The highest BCUT2D eigenvalue weighted by Gasteiger charge is 2.30. The zero-order chi connectivity index (χ0) is 17.7. The number of likely N-dealkylation sites (N-methyl/N-ethyl adjacent to an activating group) is 1. The maximum absolute atomic E-state index is 12.6. The van der Waals surface area contributed by atoms with Crippen LogP contribution >= 0.6 is 11.6 Å². The van der Waals surface area contributed by atoms with Gasteiger partial charge in [-0.2, -0.15) is 13.2 Å². The number of benzene rings is 2. The molecule has 24 heavy (non-hydrogen) atoms. The van der Waals surface area contributed by atoms with Crippen LogP contribution < -0.4 is 4.74 Å². The van der Waals surface area contributed by atoms with Crippen LogP contribution in [-0.2, 0) is 17.5 Å². The molecule has 0 aliphatic heterocycles. The third-order valence-electron chi connectivity index (χ3n) is 3.26. The molecule has 0 fully saturated rings. The van der Waals surface area contributed by atoms with E-state index in [2.05, 4.69) is 0 Å². The second-order valence-corrected chi connectivity index (χ2v) is 5.63. The van der Waals surface area contributed by atoms with Gasteiger partial charge in [-0.25, -0.2) is 0 Å². The molecule has 0 bridgehead atoms. The molecular formula is C17H15ClF3NO2. The molecule has 0 saturated carbocycles. The zero-order valence-electron chi connectivity index (χ0n) is 12.8. The number of nitrogens with zero attached hydrogens (tertiary/aromatic N) is 1. The lowest BCUT2D eigenvalue weighted by atomic mass is 10.2. The molecule has 2 aromatic carbocycles. The van der Waals surface area contributed by atoms with Crippen molar-refractivity contribution in [2.24, 2.45) is 0 Å². The molecule has 2 rings (SSSR count). The fourth-order valence-corrected chi connectivity index (χ4v) is 2.23. The van der Waals surface area contributed by atoms with E-state index >= 15 is 0 Å².